The number of hydrogen-bond acceptors (Lipinski definition) is 8. The summed E-state index contributed by atoms with van der Waals surface area (Å²) in [5.74, 6) is -0.867. The topological polar surface area (TPSA) is 165 Å². The van der Waals surface area contributed by atoms with E-state index < -0.39 is 30.3 Å². The Morgan fingerprint density at radius 1 is 1.23 bits per heavy atom. The van der Waals surface area contributed by atoms with Gasteiger partial charge in [-0.3, -0.25) is 9.59 Å². The molecule has 0 radical (unpaired) electrons. The van der Waals surface area contributed by atoms with Crippen molar-refractivity contribution in [1.82, 2.24) is 35.5 Å². The Bertz CT molecular complexity index is 988. The van der Waals surface area contributed by atoms with Crippen LogP contribution >= 0.6 is 0 Å². The molecule has 0 aliphatic heterocycles. The van der Waals surface area contributed by atoms with E-state index in [1.807, 2.05) is 6.07 Å². The first-order valence-corrected chi connectivity index (χ1v) is 8.96. The average Bonchev–Trinajstić information content (AvgIpc) is 3.39. The van der Waals surface area contributed by atoms with E-state index in [1.165, 1.54) is 4.68 Å². The number of imidazole rings is 1. The molecule has 1 aromatic carbocycles. The lowest BCUT2D eigenvalue weighted by Crippen LogP contribution is -2.44. The molecule has 1 atom stereocenters. The highest BCUT2D eigenvalue weighted by Crippen LogP contribution is 2.05. The number of carboxylic acids is 1. The van der Waals surface area contributed by atoms with E-state index in [2.05, 4.69) is 30.8 Å². The molecule has 12 heteroatoms. The van der Waals surface area contributed by atoms with Gasteiger partial charge in [0.2, 0.25) is 0 Å². The number of carbonyl (C=O) groups excluding carboxylic acids is 2. The van der Waals surface area contributed by atoms with Crippen molar-refractivity contribution in [2.45, 2.75) is 32.0 Å². The van der Waals surface area contributed by atoms with E-state index in [1.54, 1.807) is 36.7 Å². The molecule has 1 amide bonds. The van der Waals surface area contributed by atoms with E-state index >= 15 is 0 Å². The van der Waals surface area contributed by atoms with E-state index in [9.17, 15) is 14.4 Å². The Balaban J connectivity index is 1.60. The van der Waals surface area contributed by atoms with Crippen molar-refractivity contribution in [1.29, 1.82) is 0 Å². The Hall–Kier alpha value is -4.09. The van der Waals surface area contributed by atoms with Crippen LogP contribution in [-0.4, -0.2) is 59.2 Å². The second-order valence-electron chi connectivity index (χ2n) is 6.29. The fraction of sp³-hybridized carbons (Fsp3) is 0.278. The summed E-state index contributed by atoms with van der Waals surface area (Å²) >= 11 is 0. The molecule has 0 aliphatic rings. The molecule has 2 aromatic heterocycles. The predicted octanol–water partition coefficient (Wildman–Crippen LogP) is 0.326. The molecule has 0 spiro atoms. The molecule has 156 valence electrons. The van der Waals surface area contributed by atoms with Crippen LogP contribution in [0.4, 0.5) is 4.79 Å². The molecule has 3 N–H and O–H groups in total. The zero-order valence-electron chi connectivity index (χ0n) is 15.8. The number of H-pyrrole nitrogens is 1. The summed E-state index contributed by atoms with van der Waals surface area (Å²) in [6.07, 6.45) is 1.97. The van der Waals surface area contributed by atoms with Gasteiger partial charge in [-0.25, -0.2) is 14.5 Å². The van der Waals surface area contributed by atoms with Gasteiger partial charge in [-0.2, -0.15) is 0 Å². The van der Waals surface area contributed by atoms with Crippen molar-refractivity contribution in [2.24, 2.45) is 0 Å². The highest BCUT2D eigenvalue weighted by Gasteiger charge is 2.26. The van der Waals surface area contributed by atoms with Gasteiger partial charge in [-0.05, 0) is 16.0 Å². The maximum atomic E-state index is 12.6. The fourth-order valence-corrected chi connectivity index (χ4v) is 2.60. The number of nitrogens with zero attached hydrogens (tertiary/aromatic N) is 5. The number of tetrazole rings is 1. The van der Waals surface area contributed by atoms with Crippen LogP contribution in [0.1, 0.15) is 23.6 Å². The first kappa shape index (κ1) is 20.6. The number of nitrogens with one attached hydrogen (secondary N) is 2. The zero-order valence-corrected chi connectivity index (χ0v) is 15.8. The van der Waals surface area contributed by atoms with Gasteiger partial charge in [0.15, 0.2) is 11.6 Å². The molecule has 0 bridgehead atoms. The average molecular weight is 413 g/mol. The highest BCUT2D eigenvalue weighted by atomic mass is 16.5. The number of benzene rings is 1. The molecule has 3 aromatic rings. The fourth-order valence-electron chi connectivity index (χ4n) is 2.60. The summed E-state index contributed by atoms with van der Waals surface area (Å²) in [5, 5.41) is 22.6. The van der Waals surface area contributed by atoms with Crippen LogP contribution in [0, 0.1) is 0 Å². The van der Waals surface area contributed by atoms with Crippen molar-refractivity contribution in [3.05, 3.63) is 59.9 Å². The monoisotopic (exact) mass is 413 g/mol. The number of ether oxygens (including phenoxy) is 1. The second kappa shape index (κ2) is 9.91. The van der Waals surface area contributed by atoms with Crippen molar-refractivity contribution < 1.29 is 24.2 Å². The van der Waals surface area contributed by atoms with Crippen LogP contribution in [0.25, 0.3) is 0 Å². The number of aliphatic carboxylic acids is 1. The first-order chi connectivity index (χ1) is 14.5. The first-order valence-electron chi connectivity index (χ1n) is 8.96. The van der Waals surface area contributed by atoms with Crippen LogP contribution in [0.5, 0.6) is 0 Å². The van der Waals surface area contributed by atoms with E-state index in [0.717, 1.165) is 5.56 Å². The van der Waals surface area contributed by atoms with Gasteiger partial charge in [0.1, 0.15) is 25.0 Å². The SMILES string of the molecule is O=C(O)CC(NC(=O)OCc1ccccc1)C(=O)Cn1nnnc1Cc1ncc[nH]1. The minimum absolute atomic E-state index is 0.0129. The normalized spacial score (nSPS) is 11.6. The van der Waals surface area contributed by atoms with Crippen molar-refractivity contribution in [3.8, 4) is 0 Å². The van der Waals surface area contributed by atoms with Gasteiger partial charge in [0.25, 0.3) is 0 Å². The molecule has 0 saturated carbocycles. The summed E-state index contributed by atoms with van der Waals surface area (Å²) < 4.78 is 6.30. The van der Waals surface area contributed by atoms with Gasteiger partial charge in [-0.15, -0.1) is 5.10 Å². The third-order valence-electron chi connectivity index (χ3n) is 4.06. The van der Waals surface area contributed by atoms with E-state index in [-0.39, 0.29) is 19.6 Å². The van der Waals surface area contributed by atoms with Crippen LogP contribution in [0.15, 0.2) is 42.7 Å². The zero-order chi connectivity index (χ0) is 21.3. The molecule has 3 rings (SSSR count). The van der Waals surface area contributed by atoms with Gasteiger partial charge >= 0.3 is 12.1 Å². The summed E-state index contributed by atoms with van der Waals surface area (Å²) in [7, 11) is 0. The Kier molecular flexibility index (Phi) is 6.82. The Labute approximate surface area is 170 Å². The number of aromatic nitrogens is 6. The number of amides is 1. The largest absolute Gasteiger partial charge is 0.481 e. The highest BCUT2D eigenvalue weighted by molar-refractivity contribution is 5.90. The summed E-state index contributed by atoms with van der Waals surface area (Å²) in [6, 6.07) is 7.65. The number of Topliss-reactive ketones (excluding diaryl/α,β-unsaturated/α-hetero) is 1. The van der Waals surface area contributed by atoms with Gasteiger partial charge in [-0.1, -0.05) is 30.3 Å². The van der Waals surface area contributed by atoms with Crippen molar-refractivity contribution >= 4 is 17.8 Å². The summed E-state index contributed by atoms with van der Waals surface area (Å²) in [6.45, 7) is -0.332. The predicted molar refractivity (Wildman–Crippen MR) is 100 cm³/mol. The summed E-state index contributed by atoms with van der Waals surface area (Å²) in [4.78, 5) is 42.8. The van der Waals surface area contributed by atoms with Crippen molar-refractivity contribution in [3.63, 3.8) is 0 Å². The van der Waals surface area contributed by atoms with Crippen LogP contribution in [-0.2, 0) is 33.9 Å². The van der Waals surface area contributed by atoms with Crippen LogP contribution < -0.4 is 5.32 Å². The smallest absolute Gasteiger partial charge is 0.408 e. The summed E-state index contributed by atoms with van der Waals surface area (Å²) in [5.41, 5.74) is 0.755. The van der Waals surface area contributed by atoms with Gasteiger partial charge in [0, 0.05) is 12.4 Å². The van der Waals surface area contributed by atoms with E-state index in [4.69, 9.17) is 9.84 Å². The lowest BCUT2D eigenvalue weighted by Gasteiger charge is -2.16. The van der Waals surface area contributed by atoms with Crippen LogP contribution in [0.2, 0.25) is 0 Å². The molecule has 0 fully saturated rings. The maximum absolute atomic E-state index is 12.6. The number of ketones is 1. The van der Waals surface area contributed by atoms with Gasteiger partial charge in [0.05, 0.1) is 12.8 Å². The standard InChI is InChI=1S/C18H19N7O5/c26-14(10-25-16(22-23-24-25)9-15-19-6-7-20-15)13(8-17(27)28)21-18(29)30-11-12-4-2-1-3-5-12/h1-7,13H,8-11H2,(H,19,20)(H,21,29)(H,27,28). The maximum Gasteiger partial charge on any atom is 0.408 e. The number of carbonyl (C=O) groups is 3. The molecule has 30 heavy (non-hydrogen) atoms. The van der Waals surface area contributed by atoms with Crippen LogP contribution in [0.3, 0.4) is 0 Å². The Morgan fingerprint density at radius 3 is 2.73 bits per heavy atom. The number of carboxylic acid groups (broad SMARTS) is 1. The Morgan fingerprint density at radius 2 is 2.03 bits per heavy atom. The minimum atomic E-state index is -1.30. The number of hydrogen-bond donors (Lipinski definition) is 3. The molecular formula is C18H19N7O5. The quantitative estimate of drug-likeness (QED) is 0.424. The van der Waals surface area contributed by atoms with Crippen molar-refractivity contribution in [2.75, 3.05) is 0 Å². The molecule has 12 nitrogen and oxygen atoms in total. The molecule has 2 heterocycles. The minimum Gasteiger partial charge on any atom is -0.481 e. The lowest BCUT2D eigenvalue weighted by molar-refractivity contribution is -0.139. The lowest BCUT2D eigenvalue weighted by atomic mass is 10.1. The third kappa shape index (κ3) is 5.95. The number of alkyl carbamates (subject to hydrolysis) is 1. The number of aromatic amines is 1. The second-order valence-corrected chi connectivity index (χ2v) is 6.29. The molecular weight excluding hydrogens is 394 g/mol. The molecule has 0 aliphatic carbocycles. The molecule has 1 unspecified atom stereocenters. The number of rotatable bonds is 10. The van der Waals surface area contributed by atoms with E-state index in [0.29, 0.717) is 11.6 Å². The molecule has 0 saturated heterocycles. The van der Waals surface area contributed by atoms with Gasteiger partial charge < -0.3 is 20.1 Å². The third-order valence-corrected chi connectivity index (χ3v) is 4.06.